The molecule has 0 saturated carbocycles. The highest BCUT2D eigenvalue weighted by Gasteiger charge is 2.21. The molecule has 0 aliphatic carbocycles. The molecule has 6 heteroatoms. The van der Waals surface area contributed by atoms with E-state index in [-0.39, 0.29) is 20.6 Å². The molecule has 0 atom stereocenters. The quantitative estimate of drug-likeness (QED) is 0.901. The maximum atomic E-state index is 10.9. The molecule has 0 aliphatic rings. The number of carboxylic acids is 1. The van der Waals surface area contributed by atoms with Gasteiger partial charge in [-0.05, 0) is 11.5 Å². The summed E-state index contributed by atoms with van der Waals surface area (Å²) in [6, 6.07) is 7.60. The van der Waals surface area contributed by atoms with E-state index in [0.717, 1.165) is 16.9 Å². The van der Waals surface area contributed by atoms with Crippen molar-refractivity contribution >= 4 is 28.9 Å². The third-order valence-corrected chi connectivity index (χ3v) is 3.96. The highest BCUT2D eigenvalue weighted by Crippen LogP contribution is 2.37. The zero-order valence-electron chi connectivity index (χ0n) is 11.3. The molecule has 0 amide bonds. The molecule has 4 nitrogen and oxygen atoms in total. The van der Waals surface area contributed by atoms with Crippen LogP contribution >= 0.6 is 22.9 Å². The lowest BCUT2D eigenvalue weighted by Gasteiger charge is -2.21. The molecule has 1 aromatic carbocycles. The molecular weight excluding hydrogens is 298 g/mol. The number of para-hydroxylation sites is 1. The molecule has 0 saturated heterocycles. The summed E-state index contributed by atoms with van der Waals surface area (Å²) >= 11 is 6.69. The normalized spacial score (nSPS) is 11.4. The van der Waals surface area contributed by atoms with Crippen LogP contribution < -0.4 is 4.74 Å². The summed E-state index contributed by atoms with van der Waals surface area (Å²) in [6.07, 6.45) is 0. The summed E-state index contributed by atoms with van der Waals surface area (Å²) < 4.78 is 5.71. The van der Waals surface area contributed by atoms with Crippen LogP contribution in [0.2, 0.25) is 5.15 Å². The van der Waals surface area contributed by atoms with Crippen molar-refractivity contribution in [2.45, 2.75) is 26.2 Å². The maximum Gasteiger partial charge on any atom is 0.349 e. The lowest BCUT2D eigenvalue weighted by molar-refractivity contribution is 0.0702. The first kappa shape index (κ1) is 14.8. The molecule has 0 unspecified atom stereocenters. The van der Waals surface area contributed by atoms with E-state index >= 15 is 0 Å². The van der Waals surface area contributed by atoms with Crippen LogP contribution in [-0.4, -0.2) is 16.1 Å². The Morgan fingerprint density at radius 3 is 2.55 bits per heavy atom. The van der Waals surface area contributed by atoms with Gasteiger partial charge in [0.25, 0.3) is 5.19 Å². The summed E-state index contributed by atoms with van der Waals surface area (Å²) in [7, 11) is 0. The number of aromatic carboxylic acids is 1. The summed E-state index contributed by atoms with van der Waals surface area (Å²) in [5.74, 6) is -0.450. The van der Waals surface area contributed by atoms with Crippen molar-refractivity contribution in [1.29, 1.82) is 0 Å². The molecule has 0 spiro atoms. The molecular formula is C14H14ClNO3S. The van der Waals surface area contributed by atoms with Gasteiger partial charge in [-0.2, -0.15) is 4.98 Å². The van der Waals surface area contributed by atoms with E-state index in [1.54, 1.807) is 0 Å². The van der Waals surface area contributed by atoms with Gasteiger partial charge in [-0.1, -0.05) is 61.9 Å². The second kappa shape index (κ2) is 5.42. The lowest BCUT2D eigenvalue weighted by Crippen LogP contribution is -2.12. The number of ether oxygens (including phenoxy) is 1. The van der Waals surface area contributed by atoms with Crippen molar-refractivity contribution in [1.82, 2.24) is 4.98 Å². The Kier molecular flexibility index (Phi) is 4.01. The summed E-state index contributed by atoms with van der Waals surface area (Å²) in [6.45, 7) is 6.23. The first-order valence-electron chi connectivity index (χ1n) is 5.96. The number of hydrogen-bond acceptors (Lipinski definition) is 4. The van der Waals surface area contributed by atoms with E-state index in [9.17, 15) is 4.79 Å². The van der Waals surface area contributed by atoms with Crippen LogP contribution in [0.5, 0.6) is 10.9 Å². The van der Waals surface area contributed by atoms with Crippen molar-refractivity contribution in [3.05, 3.63) is 39.9 Å². The van der Waals surface area contributed by atoms with Gasteiger partial charge in [-0.25, -0.2) is 4.79 Å². The molecule has 0 radical (unpaired) electrons. The monoisotopic (exact) mass is 311 g/mol. The van der Waals surface area contributed by atoms with Crippen LogP contribution in [0.15, 0.2) is 24.3 Å². The highest BCUT2D eigenvalue weighted by molar-refractivity contribution is 7.15. The topological polar surface area (TPSA) is 59.4 Å². The average Bonchev–Trinajstić information content (AvgIpc) is 2.69. The van der Waals surface area contributed by atoms with Gasteiger partial charge in [0.05, 0.1) is 0 Å². The largest absolute Gasteiger partial charge is 0.477 e. The smallest absolute Gasteiger partial charge is 0.349 e. The molecule has 1 aromatic heterocycles. The number of rotatable bonds is 3. The van der Waals surface area contributed by atoms with E-state index in [2.05, 4.69) is 25.8 Å². The fourth-order valence-corrected chi connectivity index (χ4v) is 2.71. The van der Waals surface area contributed by atoms with Crippen molar-refractivity contribution in [2.24, 2.45) is 0 Å². The molecule has 1 heterocycles. The Morgan fingerprint density at radius 2 is 2.00 bits per heavy atom. The number of carboxylic acid groups (broad SMARTS) is 1. The molecule has 20 heavy (non-hydrogen) atoms. The predicted octanol–water partition coefficient (Wildman–Crippen LogP) is 4.58. The fraction of sp³-hybridized carbons (Fsp3) is 0.286. The van der Waals surface area contributed by atoms with Gasteiger partial charge in [-0.3, -0.25) is 0 Å². The molecule has 106 valence electrons. The van der Waals surface area contributed by atoms with Gasteiger partial charge in [-0.15, -0.1) is 0 Å². The second-order valence-corrected chi connectivity index (χ2v) is 6.57. The Labute approximate surface area is 126 Å². The lowest BCUT2D eigenvalue weighted by atomic mass is 9.86. The molecule has 2 rings (SSSR count). The zero-order chi connectivity index (χ0) is 14.9. The van der Waals surface area contributed by atoms with Gasteiger partial charge in [0.15, 0.2) is 10.0 Å². The van der Waals surface area contributed by atoms with E-state index < -0.39 is 5.97 Å². The maximum absolute atomic E-state index is 10.9. The number of nitrogens with zero attached hydrogens (tertiary/aromatic N) is 1. The van der Waals surface area contributed by atoms with Crippen LogP contribution in [0.4, 0.5) is 0 Å². The van der Waals surface area contributed by atoms with Gasteiger partial charge in [0.1, 0.15) is 5.75 Å². The van der Waals surface area contributed by atoms with E-state index in [0.29, 0.717) is 5.75 Å². The van der Waals surface area contributed by atoms with Crippen LogP contribution in [0.3, 0.4) is 0 Å². The summed E-state index contributed by atoms with van der Waals surface area (Å²) in [5.41, 5.74) is 0.927. The van der Waals surface area contributed by atoms with E-state index in [4.69, 9.17) is 21.4 Å². The average molecular weight is 312 g/mol. The number of aromatic nitrogens is 1. The van der Waals surface area contributed by atoms with Crippen molar-refractivity contribution in [3.63, 3.8) is 0 Å². The highest BCUT2D eigenvalue weighted by atomic mass is 35.5. The third kappa shape index (κ3) is 3.11. The van der Waals surface area contributed by atoms with Crippen molar-refractivity contribution in [2.75, 3.05) is 0 Å². The van der Waals surface area contributed by atoms with Gasteiger partial charge >= 0.3 is 5.97 Å². The predicted molar refractivity (Wildman–Crippen MR) is 79.3 cm³/mol. The minimum absolute atomic E-state index is 0.0186. The minimum atomic E-state index is -1.11. The molecule has 0 bridgehead atoms. The third-order valence-electron chi connectivity index (χ3n) is 2.65. The van der Waals surface area contributed by atoms with Crippen LogP contribution in [0.1, 0.15) is 36.0 Å². The Morgan fingerprint density at radius 1 is 1.35 bits per heavy atom. The fourth-order valence-electron chi connectivity index (χ4n) is 1.73. The van der Waals surface area contributed by atoms with Crippen LogP contribution in [-0.2, 0) is 5.41 Å². The van der Waals surface area contributed by atoms with E-state index in [1.807, 2.05) is 24.3 Å². The second-order valence-electron chi connectivity index (χ2n) is 5.25. The van der Waals surface area contributed by atoms with Crippen LogP contribution in [0.25, 0.3) is 0 Å². The van der Waals surface area contributed by atoms with Crippen molar-refractivity contribution < 1.29 is 14.6 Å². The SMILES string of the molecule is CC(C)(C)c1ccccc1Oc1nc(Cl)c(C(=O)O)s1. The standard InChI is InChI=1S/C14H14ClNO3S/c1-14(2,3)8-6-4-5-7-9(8)19-13-16-11(15)10(20-13)12(17)18/h4-7H,1-3H3,(H,17,18). The number of halogens is 1. The van der Waals surface area contributed by atoms with Gasteiger partial charge in [0, 0.05) is 5.56 Å². The number of hydrogen-bond donors (Lipinski definition) is 1. The van der Waals surface area contributed by atoms with E-state index in [1.165, 1.54) is 0 Å². The zero-order valence-corrected chi connectivity index (χ0v) is 12.9. The summed E-state index contributed by atoms with van der Waals surface area (Å²) in [4.78, 5) is 14.9. The van der Waals surface area contributed by atoms with Gasteiger partial charge < -0.3 is 9.84 Å². The number of carbonyl (C=O) groups is 1. The Hall–Kier alpha value is -1.59. The minimum Gasteiger partial charge on any atom is -0.477 e. The number of thiazole rings is 1. The van der Waals surface area contributed by atoms with Crippen LogP contribution in [0, 0.1) is 0 Å². The first-order valence-corrected chi connectivity index (χ1v) is 7.15. The van der Waals surface area contributed by atoms with Gasteiger partial charge in [0.2, 0.25) is 0 Å². The Balaban J connectivity index is 2.36. The summed E-state index contributed by atoms with van der Waals surface area (Å²) in [5, 5.41) is 9.14. The Bertz CT molecular complexity index is 646. The molecule has 0 aliphatic heterocycles. The van der Waals surface area contributed by atoms with Crippen molar-refractivity contribution in [3.8, 4) is 10.9 Å². The molecule has 2 aromatic rings. The molecule has 0 fully saturated rings. The molecule has 1 N–H and O–H groups in total. The number of benzene rings is 1. The first-order chi connectivity index (χ1) is 9.29.